The fraction of sp³-hybridized carbons (Fsp3) is 0.0357. The smallest absolute Gasteiger partial charge is 0.242 e. The topological polar surface area (TPSA) is 46.1 Å². The van der Waals surface area contributed by atoms with E-state index < -0.39 is 0 Å². The molecule has 170 valence electrons. The Labute approximate surface area is 216 Å². The van der Waals surface area contributed by atoms with Crippen molar-refractivity contribution in [3.63, 3.8) is 0 Å². The second kappa shape index (κ2) is 9.38. The molecule has 0 radical (unpaired) electrons. The number of carbonyl (C=O) groups excluding carboxylic acids is 1. The van der Waals surface area contributed by atoms with Crippen molar-refractivity contribution < 1.29 is 4.79 Å². The number of fused-ring (bicyclic) bond motifs is 3. The summed E-state index contributed by atoms with van der Waals surface area (Å²) in [6, 6.07) is 31.6. The van der Waals surface area contributed by atoms with Crippen molar-refractivity contribution in [3.8, 4) is 11.3 Å². The molecule has 0 atom stereocenters. The van der Waals surface area contributed by atoms with Crippen molar-refractivity contribution in [1.29, 1.82) is 0 Å². The largest absolute Gasteiger partial charge is 0.278 e. The van der Waals surface area contributed by atoms with Crippen LogP contribution in [0.3, 0.4) is 0 Å². The number of benzene rings is 4. The first-order chi connectivity index (χ1) is 17.2. The summed E-state index contributed by atoms with van der Waals surface area (Å²) in [6.07, 6.45) is 0. The van der Waals surface area contributed by atoms with Crippen LogP contribution in [-0.4, -0.2) is 21.6 Å². The van der Waals surface area contributed by atoms with Gasteiger partial charge in [-0.15, -0.1) is 0 Å². The number of nitrogens with zero attached hydrogens (tertiary/aromatic N) is 3. The first-order valence-corrected chi connectivity index (χ1v) is 13.2. The number of thioether (sulfide) groups is 1. The molecule has 0 N–H and O–H groups in total. The van der Waals surface area contributed by atoms with Gasteiger partial charge in [-0.05, 0) is 42.5 Å². The average Bonchev–Trinajstić information content (AvgIpc) is 2.90. The molecule has 0 saturated carbocycles. The van der Waals surface area contributed by atoms with Crippen LogP contribution in [0.4, 0.5) is 11.4 Å². The molecule has 35 heavy (non-hydrogen) atoms. The second-order valence-corrected chi connectivity index (χ2v) is 10.4. The monoisotopic (exact) mass is 511 g/mol. The molecule has 1 aliphatic heterocycles. The van der Waals surface area contributed by atoms with Crippen LogP contribution in [-0.2, 0) is 4.79 Å². The summed E-state index contributed by atoms with van der Waals surface area (Å²) in [5.74, 6) is 0.192. The normalized spacial score (nSPS) is 12.3. The third-order valence-electron chi connectivity index (χ3n) is 5.69. The maximum absolute atomic E-state index is 13.6. The fourth-order valence-electron chi connectivity index (χ4n) is 4.12. The van der Waals surface area contributed by atoms with Crippen molar-refractivity contribution in [2.45, 2.75) is 14.9 Å². The Morgan fingerprint density at radius 1 is 0.829 bits per heavy atom. The van der Waals surface area contributed by atoms with Crippen LogP contribution in [0.15, 0.2) is 112 Å². The van der Waals surface area contributed by atoms with Gasteiger partial charge in [0.15, 0.2) is 5.16 Å². The van der Waals surface area contributed by atoms with E-state index in [-0.39, 0.29) is 11.7 Å². The Morgan fingerprint density at radius 2 is 1.49 bits per heavy atom. The van der Waals surface area contributed by atoms with Crippen LogP contribution in [0.1, 0.15) is 0 Å². The van der Waals surface area contributed by atoms with E-state index in [1.807, 2.05) is 102 Å². The van der Waals surface area contributed by atoms with Crippen molar-refractivity contribution in [3.05, 3.63) is 102 Å². The summed E-state index contributed by atoms with van der Waals surface area (Å²) in [5, 5.41) is 2.07. The van der Waals surface area contributed by atoms with E-state index in [0.717, 1.165) is 43.3 Å². The third-order valence-corrected chi connectivity index (χ3v) is 7.89. The Kier molecular flexibility index (Phi) is 5.94. The van der Waals surface area contributed by atoms with Gasteiger partial charge in [0.2, 0.25) is 5.91 Å². The van der Waals surface area contributed by atoms with Gasteiger partial charge in [0.25, 0.3) is 0 Å². The molecule has 1 amide bonds. The molecule has 2 heterocycles. The average molecular weight is 512 g/mol. The van der Waals surface area contributed by atoms with Crippen molar-refractivity contribution in [2.75, 3.05) is 10.7 Å². The number of amides is 1. The van der Waals surface area contributed by atoms with Crippen LogP contribution in [0.5, 0.6) is 0 Å². The minimum Gasteiger partial charge on any atom is -0.278 e. The number of anilines is 2. The maximum Gasteiger partial charge on any atom is 0.242 e. The van der Waals surface area contributed by atoms with Crippen molar-refractivity contribution in [1.82, 2.24) is 9.97 Å². The molecule has 4 aromatic carbocycles. The van der Waals surface area contributed by atoms with Gasteiger partial charge in [-0.3, -0.25) is 9.69 Å². The van der Waals surface area contributed by atoms with E-state index in [1.54, 1.807) is 11.8 Å². The summed E-state index contributed by atoms with van der Waals surface area (Å²) < 4.78 is 0. The highest BCUT2D eigenvalue weighted by molar-refractivity contribution is 8.00. The van der Waals surface area contributed by atoms with Gasteiger partial charge in [0, 0.05) is 25.8 Å². The maximum atomic E-state index is 13.6. The molecule has 0 fully saturated rings. The zero-order valence-corrected chi connectivity index (χ0v) is 20.8. The molecular formula is C28H18ClN3OS2. The summed E-state index contributed by atoms with van der Waals surface area (Å²) >= 11 is 9.31. The van der Waals surface area contributed by atoms with Gasteiger partial charge in [-0.25, -0.2) is 9.97 Å². The zero-order chi connectivity index (χ0) is 23.8. The lowest BCUT2D eigenvalue weighted by atomic mass is 10.1. The summed E-state index contributed by atoms with van der Waals surface area (Å²) in [4.78, 5) is 27.1. The molecule has 0 bridgehead atoms. The highest BCUT2D eigenvalue weighted by Crippen LogP contribution is 2.48. The van der Waals surface area contributed by atoms with Crippen molar-refractivity contribution >= 4 is 63.3 Å². The second-order valence-electron chi connectivity index (χ2n) is 7.94. The molecule has 1 aliphatic rings. The molecule has 6 rings (SSSR count). The number of halogens is 1. The Hall–Kier alpha value is -3.32. The number of hydrogen-bond donors (Lipinski definition) is 0. The first kappa shape index (κ1) is 22.2. The number of carbonyl (C=O) groups is 1. The first-order valence-electron chi connectivity index (χ1n) is 11.0. The van der Waals surface area contributed by atoms with Gasteiger partial charge in [0.05, 0.1) is 28.3 Å². The third kappa shape index (κ3) is 4.29. The Morgan fingerprint density at radius 3 is 2.20 bits per heavy atom. The van der Waals surface area contributed by atoms with Crippen LogP contribution in [0.2, 0.25) is 5.02 Å². The highest BCUT2D eigenvalue weighted by atomic mass is 35.5. The van der Waals surface area contributed by atoms with E-state index in [9.17, 15) is 4.79 Å². The number of hydrogen-bond acceptors (Lipinski definition) is 5. The van der Waals surface area contributed by atoms with E-state index in [0.29, 0.717) is 10.2 Å². The van der Waals surface area contributed by atoms with Gasteiger partial charge in [-0.1, -0.05) is 89.7 Å². The minimum atomic E-state index is -0.0173. The summed E-state index contributed by atoms with van der Waals surface area (Å²) in [5.41, 5.74) is 4.38. The van der Waals surface area contributed by atoms with E-state index in [2.05, 4.69) is 0 Å². The Bertz CT molecular complexity index is 1530. The molecule has 0 aliphatic carbocycles. The molecule has 1 aromatic heterocycles. The van der Waals surface area contributed by atoms with Crippen LogP contribution >= 0.6 is 35.1 Å². The molecule has 0 unspecified atom stereocenters. The predicted molar refractivity (Wildman–Crippen MR) is 145 cm³/mol. The highest BCUT2D eigenvalue weighted by Gasteiger charge is 2.28. The van der Waals surface area contributed by atoms with Crippen LogP contribution < -0.4 is 4.90 Å². The summed E-state index contributed by atoms with van der Waals surface area (Å²) in [7, 11) is 0. The van der Waals surface area contributed by atoms with Crippen LogP contribution in [0.25, 0.3) is 22.2 Å². The molecule has 0 saturated heterocycles. The Balaban J connectivity index is 1.35. The molecule has 5 aromatic rings. The summed E-state index contributed by atoms with van der Waals surface area (Å²) in [6.45, 7) is 0. The lowest BCUT2D eigenvalue weighted by Crippen LogP contribution is -2.30. The van der Waals surface area contributed by atoms with Crippen LogP contribution in [0, 0.1) is 0 Å². The minimum absolute atomic E-state index is 0.0173. The van der Waals surface area contributed by atoms with Gasteiger partial charge >= 0.3 is 0 Å². The fourth-order valence-corrected chi connectivity index (χ4v) is 6.05. The standard InChI is InChI=1S/C28H18ClN3OS2/c29-19-14-15-21-20(16-19)27(18-8-2-1-3-9-18)31-28(30-21)34-17-26(33)32-22-10-4-6-12-24(22)35-25-13-7-5-11-23(25)32/h1-16H,17H2. The predicted octanol–water partition coefficient (Wildman–Crippen LogP) is 7.87. The SMILES string of the molecule is O=C(CSc1nc(-c2ccccc2)c2cc(Cl)ccc2n1)N1c2ccccc2Sc2ccccc21. The van der Waals surface area contributed by atoms with E-state index >= 15 is 0 Å². The number of para-hydroxylation sites is 2. The quantitative estimate of drug-likeness (QED) is 0.181. The number of rotatable bonds is 4. The van der Waals surface area contributed by atoms with Crippen molar-refractivity contribution in [2.24, 2.45) is 0 Å². The zero-order valence-electron chi connectivity index (χ0n) is 18.4. The van der Waals surface area contributed by atoms with Gasteiger partial charge in [0.1, 0.15) is 0 Å². The van der Waals surface area contributed by atoms with E-state index in [4.69, 9.17) is 21.6 Å². The molecule has 7 heteroatoms. The molecule has 4 nitrogen and oxygen atoms in total. The lowest BCUT2D eigenvalue weighted by Gasteiger charge is -2.30. The van der Waals surface area contributed by atoms with Gasteiger partial charge in [-0.2, -0.15) is 0 Å². The lowest BCUT2D eigenvalue weighted by molar-refractivity contribution is -0.115. The van der Waals surface area contributed by atoms with E-state index in [1.165, 1.54) is 11.8 Å². The van der Waals surface area contributed by atoms with Gasteiger partial charge < -0.3 is 0 Å². The molecule has 0 spiro atoms. The number of aromatic nitrogens is 2. The molecular weight excluding hydrogens is 494 g/mol.